The first-order chi connectivity index (χ1) is 16.5. The highest BCUT2D eigenvalue weighted by molar-refractivity contribution is 8.00. The molecule has 2 aromatic heterocycles. The van der Waals surface area contributed by atoms with Crippen molar-refractivity contribution in [1.29, 1.82) is 0 Å². The molecule has 0 saturated heterocycles. The molecule has 2 heterocycles. The van der Waals surface area contributed by atoms with Crippen molar-refractivity contribution < 1.29 is 9.59 Å². The van der Waals surface area contributed by atoms with Gasteiger partial charge >= 0.3 is 0 Å². The fourth-order valence-electron chi connectivity index (χ4n) is 3.57. The maximum Gasteiger partial charge on any atom is 0.230 e. The topological polar surface area (TPSA) is 84.0 Å². The van der Waals surface area contributed by atoms with Gasteiger partial charge in [-0.1, -0.05) is 59.9 Å². The van der Waals surface area contributed by atoms with Crippen molar-refractivity contribution in [3.8, 4) is 0 Å². The smallest absolute Gasteiger partial charge is 0.230 e. The number of carbonyl (C=O) groups excluding carboxylic acids is 2. The molecule has 174 valence electrons. The predicted octanol–water partition coefficient (Wildman–Crippen LogP) is 4.52. The summed E-state index contributed by atoms with van der Waals surface area (Å²) in [7, 11) is 0. The van der Waals surface area contributed by atoms with E-state index in [4.69, 9.17) is 0 Å². The molecule has 8 heteroatoms. The largest absolute Gasteiger partial charge is 0.354 e. The fourth-order valence-corrected chi connectivity index (χ4v) is 5.18. The Balaban J connectivity index is 1.16. The Kier molecular flexibility index (Phi) is 8.03. The minimum absolute atomic E-state index is 0.0860. The van der Waals surface area contributed by atoms with E-state index < -0.39 is 0 Å². The summed E-state index contributed by atoms with van der Waals surface area (Å²) in [5, 5.41) is 9.58. The molecule has 0 saturated carbocycles. The van der Waals surface area contributed by atoms with Crippen molar-refractivity contribution in [2.75, 3.05) is 24.6 Å². The van der Waals surface area contributed by atoms with Gasteiger partial charge in [0.05, 0.1) is 32.6 Å². The third-order valence-electron chi connectivity index (χ3n) is 5.27. The molecular formula is C26H26N4O2S2. The quantitative estimate of drug-likeness (QED) is 0.265. The summed E-state index contributed by atoms with van der Waals surface area (Å²) in [5.74, 6) is 0.387. The number of aromatic nitrogens is 2. The van der Waals surface area contributed by atoms with Crippen LogP contribution in [0.1, 0.15) is 11.1 Å². The first-order valence-electron chi connectivity index (χ1n) is 11.0. The van der Waals surface area contributed by atoms with E-state index in [-0.39, 0.29) is 23.3 Å². The number of hydrogen-bond acceptors (Lipinski definition) is 6. The van der Waals surface area contributed by atoms with E-state index in [9.17, 15) is 9.59 Å². The van der Waals surface area contributed by atoms with E-state index in [1.807, 2.05) is 74.5 Å². The lowest BCUT2D eigenvalue weighted by atomic mass is 10.1. The molecule has 0 atom stereocenters. The monoisotopic (exact) mass is 490 g/mol. The lowest BCUT2D eigenvalue weighted by Crippen LogP contribution is -2.36. The molecule has 0 bridgehead atoms. The molecule has 0 unspecified atom stereocenters. The molecule has 2 N–H and O–H groups in total. The fraction of sp³-hybridized carbons (Fsp3) is 0.231. The summed E-state index contributed by atoms with van der Waals surface area (Å²) in [4.78, 5) is 33.6. The molecule has 0 radical (unpaired) electrons. The summed E-state index contributed by atoms with van der Waals surface area (Å²) >= 11 is 2.82. The molecule has 2 aromatic carbocycles. The SMILES string of the molecule is Cc1cc(SCC(=O)NCCNC(=O)CSc2cc(C)c3ccccc3n2)nc2ccccc12. The van der Waals surface area contributed by atoms with Crippen molar-refractivity contribution in [1.82, 2.24) is 20.6 Å². The second kappa shape index (κ2) is 11.4. The van der Waals surface area contributed by atoms with E-state index in [0.29, 0.717) is 13.1 Å². The predicted molar refractivity (Wildman–Crippen MR) is 140 cm³/mol. The van der Waals surface area contributed by atoms with E-state index in [0.717, 1.165) is 43.0 Å². The standard InChI is InChI=1S/C26H26N4O2S2/c1-17-13-25(29-21-9-5-3-7-19(17)21)33-15-23(31)27-11-12-28-24(32)16-34-26-14-18(2)20-8-4-6-10-22(20)30-26/h3-10,13-14H,11-12,15-16H2,1-2H3,(H,27,31)(H,28,32). The van der Waals surface area contributed by atoms with Crippen molar-refractivity contribution >= 4 is 57.1 Å². The highest BCUT2D eigenvalue weighted by Gasteiger charge is 2.08. The van der Waals surface area contributed by atoms with Gasteiger partial charge in [-0.2, -0.15) is 0 Å². The van der Waals surface area contributed by atoms with Crippen LogP contribution in [0, 0.1) is 13.8 Å². The minimum atomic E-state index is -0.0860. The first-order valence-corrected chi connectivity index (χ1v) is 13.0. The molecule has 0 spiro atoms. The molecule has 0 aliphatic rings. The Morgan fingerprint density at radius 2 is 1.12 bits per heavy atom. The Bertz CT molecular complexity index is 1240. The zero-order valence-electron chi connectivity index (χ0n) is 19.1. The van der Waals surface area contributed by atoms with Crippen LogP contribution < -0.4 is 10.6 Å². The van der Waals surface area contributed by atoms with Crippen molar-refractivity contribution in [2.24, 2.45) is 0 Å². The number of amides is 2. The summed E-state index contributed by atoms with van der Waals surface area (Å²) in [6.07, 6.45) is 0. The Morgan fingerprint density at radius 3 is 1.56 bits per heavy atom. The first kappa shape index (κ1) is 24.0. The van der Waals surface area contributed by atoms with Crippen LogP contribution in [0.2, 0.25) is 0 Å². The number of fused-ring (bicyclic) bond motifs is 2. The average molecular weight is 491 g/mol. The summed E-state index contributed by atoms with van der Waals surface area (Å²) in [6.45, 7) is 4.86. The highest BCUT2D eigenvalue weighted by atomic mass is 32.2. The van der Waals surface area contributed by atoms with Gasteiger partial charge in [-0.05, 0) is 49.2 Å². The van der Waals surface area contributed by atoms with Crippen LogP contribution in [0.25, 0.3) is 21.8 Å². The normalized spacial score (nSPS) is 11.0. The van der Waals surface area contributed by atoms with Crippen molar-refractivity contribution in [3.63, 3.8) is 0 Å². The molecule has 0 aliphatic carbocycles. The zero-order chi connectivity index (χ0) is 23.9. The average Bonchev–Trinajstić information content (AvgIpc) is 2.84. The third-order valence-corrected chi connectivity index (χ3v) is 7.09. The van der Waals surface area contributed by atoms with Crippen LogP contribution in [0.3, 0.4) is 0 Å². The van der Waals surface area contributed by atoms with Gasteiger partial charge in [0.15, 0.2) is 0 Å². The van der Waals surface area contributed by atoms with Gasteiger partial charge in [0.1, 0.15) is 0 Å². The van der Waals surface area contributed by atoms with Crippen LogP contribution in [-0.2, 0) is 9.59 Å². The maximum absolute atomic E-state index is 12.2. The summed E-state index contributed by atoms with van der Waals surface area (Å²) in [5.41, 5.74) is 4.14. The molecule has 6 nitrogen and oxygen atoms in total. The minimum Gasteiger partial charge on any atom is -0.354 e. The van der Waals surface area contributed by atoms with E-state index in [2.05, 4.69) is 20.6 Å². The number of hydrogen-bond donors (Lipinski definition) is 2. The van der Waals surface area contributed by atoms with Crippen LogP contribution >= 0.6 is 23.5 Å². The molecule has 0 fully saturated rings. The van der Waals surface area contributed by atoms with Gasteiger partial charge in [0.25, 0.3) is 0 Å². The lowest BCUT2D eigenvalue weighted by Gasteiger charge is -2.09. The second-order valence-electron chi connectivity index (χ2n) is 7.87. The lowest BCUT2D eigenvalue weighted by molar-refractivity contribution is -0.120. The van der Waals surface area contributed by atoms with Gasteiger partial charge < -0.3 is 10.6 Å². The van der Waals surface area contributed by atoms with Gasteiger partial charge in [0.2, 0.25) is 11.8 Å². The van der Waals surface area contributed by atoms with E-state index in [1.165, 1.54) is 23.5 Å². The Morgan fingerprint density at radius 1 is 0.706 bits per heavy atom. The van der Waals surface area contributed by atoms with Gasteiger partial charge in [-0.3, -0.25) is 9.59 Å². The number of nitrogens with one attached hydrogen (secondary N) is 2. The third kappa shape index (κ3) is 6.27. The van der Waals surface area contributed by atoms with Crippen molar-refractivity contribution in [3.05, 3.63) is 71.8 Å². The number of pyridine rings is 2. The number of rotatable bonds is 9. The number of aryl methyl sites for hydroxylation is 2. The summed E-state index contributed by atoms with van der Waals surface area (Å²) in [6, 6.07) is 20.0. The van der Waals surface area contributed by atoms with Crippen molar-refractivity contribution in [2.45, 2.75) is 23.9 Å². The number of carbonyl (C=O) groups is 2. The molecule has 4 aromatic rings. The Labute approximate surface area is 207 Å². The molecule has 0 aliphatic heterocycles. The summed E-state index contributed by atoms with van der Waals surface area (Å²) < 4.78 is 0. The van der Waals surface area contributed by atoms with Crippen LogP contribution in [-0.4, -0.2) is 46.4 Å². The van der Waals surface area contributed by atoms with Gasteiger partial charge in [-0.25, -0.2) is 9.97 Å². The van der Waals surface area contributed by atoms with E-state index in [1.54, 1.807) is 0 Å². The van der Waals surface area contributed by atoms with Crippen LogP contribution in [0.4, 0.5) is 0 Å². The number of para-hydroxylation sites is 2. The molecule has 34 heavy (non-hydrogen) atoms. The molecular weight excluding hydrogens is 464 g/mol. The highest BCUT2D eigenvalue weighted by Crippen LogP contribution is 2.24. The maximum atomic E-state index is 12.2. The zero-order valence-corrected chi connectivity index (χ0v) is 20.8. The van der Waals surface area contributed by atoms with Crippen LogP contribution in [0.5, 0.6) is 0 Å². The Hall–Kier alpha value is -3.10. The number of benzene rings is 2. The van der Waals surface area contributed by atoms with E-state index >= 15 is 0 Å². The molecule has 2 amide bonds. The van der Waals surface area contributed by atoms with Gasteiger partial charge in [0, 0.05) is 23.9 Å². The number of nitrogens with zero attached hydrogens (tertiary/aromatic N) is 2. The second-order valence-corrected chi connectivity index (χ2v) is 9.86. The number of thioether (sulfide) groups is 2. The van der Waals surface area contributed by atoms with Gasteiger partial charge in [-0.15, -0.1) is 0 Å². The van der Waals surface area contributed by atoms with Crippen LogP contribution in [0.15, 0.2) is 70.7 Å². The molecule has 4 rings (SSSR count).